The Labute approximate surface area is 129 Å². The molecule has 1 saturated carbocycles. The average molecular weight is 290 g/mol. The number of hydrogen-bond donors (Lipinski definition) is 2. The van der Waals surface area contributed by atoms with Crippen LogP contribution in [0.1, 0.15) is 57.8 Å². The Morgan fingerprint density at radius 1 is 1.10 bits per heavy atom. The molecule has 0 spiro atoms. The van der Waals surface area contributed by atoms with Crippen molar-refractivity contribution in [2.24, 2.45) is 11.8 Å². The number of nitrogens with zero attached hydrogens (tertiary/aromatic N) is 2. The number of rotatable bonds is 7. The van der Waals surface area contributed by atoms with Crippen molar-refractivity contribution in [2.45, 2.75) is 59.8 Å². The van der Waals surface area contributed by atoms with E-state index in [2.05, 4.69) is 48.3 Å². The summed E-state index contributed by atoms with van der Waals surface area (Å²) in [5.41, 5.74) is 1.14. The lowest BCUT2D eigenvalue weighted by Gasteiger charge is -2.19. The number of aromatic nitrogens is 2. The van der Waals surface area contributed by atoms with Gasteiger partial charge in [0.15, 0.2) is 0 Å². The molecule has 0 aromatic carbocycles. The molecule has 1 aromatic rings. The van der Waals surface area contributed by atoms with E-state index < -0.39 is 0 Å². The number of anilines is 2. The van der Waals surface area contributed by atoms with Crippen LogP contribution in [0.4, 0.5) is 11.6 Å². The predicted molar refractivity (Wildman–Crippen MR) is 89.9 cm³/mol. The molecule has 2 N–H and O–H groups in total. The van der Waals surface area contributed by atoms with Gasteiger partial charge in [0, 0.05) is 25.1 Å². The fourth-order valence-corrected chi connectivity index (χ4v) is 3.06. The van der Waals surface area contributed by atoms with Gasteiger partial charge in [0.25, 0.3) is 0 Å². The van der Waals surface area contributed by atoms with E-state index in [-0.39, 0.29) is 0 Å². The Hall–Kier alpha value is -1.32. The third-order valence-corrected chi connectivity index (χ3v) is 4.62. The van der Waals surface area contributed by atoms with Crippen LogP contribution in [0.15, 0.2) is 0 Å². The summed E-state index contributed by atoms with van der Waals surface area (Å²) in [6.45, 7) is 10.8. The lowest BCUT2D eigenvalue weighted by atomic mass is 9.98. The molecule has 1 heterocycles. The van der Waals surface area contributed by atoms with Crippen LogP contribution in [0.25, 0.3) is 0 Å². The molecule has 118 valence electrons. The molecule has 0 bridgehead atoms. The van der Waals surface area contributed by atoms with Crippen LogP contribution >= 0.6 is 0 Å². The van der Waals surface area contributed by atoms with Crippen molar-refractivity contribution in [1.82, 2.24) is 9.97 Å². The molecule has 0 aliphatic heterocycles. The van der Waals surface area contributed by atoms with Gasteiger partial charge in [-0.1, -0.05) is 33.6 Å². The third-order valence-electron chi connectivity index (χ3n) is 4.62. The van der Waals surface area contributed by atoms with Crippen LogP contribution in [-0.2, 0) is 6.42 Å². The summed E-state index contributed by atoms with van der Waals surface area (Å²) in [4.78, 5) is 9.30. The lowest BCUT2D eigenvalue weighted by molar-refractivity contribution is 0.439. The minimum absolute atomic E-state index is 0.788. The van der Waals surface area contributed by atoms with Crippen LogP contribution in [0, 0.1) is 18.8 Å². The van der Waals surface area contributed by atoms with Crippen molar-refractivity contribution in [3.63, 3.8) is 0 Å². The average Bonchev–Trinajstić information content (AvgIpc) is 2.90. The minimum atomic E-state index is 0.788. The Kier molecular flexibility index (Phi) is 5.83. The van der Waals surface area contributed by atoms with Crippen molar-refractivity contribution < 1.29 is 0 Å². The summed E-state index contributed by atoms with van der Waals surface area (Å²) in [5, 5.41) is 7.01. The lowest BCUT2D eigenvalue weighted by Crippen LogP contribution is -2.19. The molecule has 4 heteroatoms. The first kappa shape index (κ1) is 16.1. The zero-order valence-corrected chi connectivity index (χ0v) is 14.0. The normalized spacial score (nSPS) is 21.5. The molecule has 2 rings (SSSR count). The Bertz CT molecular complexity index is 458. The van der Waals surface area contributed by atoms with Crippen LogP contribution in [0.2, 0.25) is 0 Å². The molecule has 1 aromatic heterocycles. The topological polar surface area (TPSA) is 49.8 Å². The Morgan fingerprint density at radius 3 is 2.38 bits per heavy atom. The van der Waals surface area contributed by atoms with Crippen LogP contribution in [0.5, 0.6) is 0 Å². The van der Waals surface area contributed by atoms with E-state index in [1.165, 1.54) is 19.3 Å². The van der Waals surface area contributed by atoms with Gasteiger partial charge in [0.1, 0.15) is 17.5 Å². The van der Waals surface area contributed by atoms with Crippen LogP contribution < -0.4 is 10.6 Å². The zero-order valence-electron chi connectivity index (χ0n) is 14.0. The van der Waals surface area contributed by atoms with Gasteiger partial charge in [-0.25, -0.2) is 9.97 Å². The summed E-state index contributed by atoms with van der Waals surface area (Å²) >= 11 is 0. The molecule has 1 aliphatic rings. The zero-order chi connectivity index (χ0) is 15.2. The highest BCUT2D eigenvalue weighted by Crippen LogP contribution is 2.31. The second kappa shape index (κ2) is 7.62. The number of nitrogens with one attached hydrogen (secondary N) is 2. The summed E-state index contributed by atoms with van der Waals surface area (Å²) in [7, 11) is 0. The quantitative estimate of drug-likeness (QED) is 0.796. The summed E-state index contributed by atoms with van der Waals surface area (Å²) in [5.74, 6) is 4.55. The van der Waals surface area contributed by atoms with E-state index in [1.807, 2.05) is 0 Å². The fourth-order valence-electron chi connectivity index (χ4n) is 3.06. The van der Waals surface area contributed by atoms with Gasteiger partial charge in [-0.05, 0) is 31.6 Å². The van der Waals surface area contributed by atoms with Crippen molar-refractivity contribution in [3.05, 3.63) is 11.4 Å². The standard InChI is InChI=1S/C17H30N4/c1-5-10-18-16-13(4)17(21-15(6-2)20-16)19-11-14-9-7-8-12(14)3/h12,14H,5-11H2,1-4H3,(H2,18,19,20,21). The summed E-state index contributed by atoms with van der Waals surface area (Å²) < 4.78 is 0. The third kappa shape index (κ3) is 4.08. The number of hydrogen-bond acceptors (Lipinski definition) is 4. The van der Waals surface area contributed by atoms with Gasteiger partial charge in [0.2, 0.25) is 0 Å². The highest BCUT2D eigenvalue weighted by molar-refractivity contribution is 5.57. The number of aryl methyl sites for hydroxylation is 1. The maximum atomic E-state index is 4.68. The van der Waals surface area contributed by atoms with E-state index in [1.54, 1.807) is 0 Å². The molecule has 1 fully saturated rings. The summed E-state index contributed by atoms with van der Waals surface area (Å²) in [6, 6.07) is 0. The van der Waals surface area contributed by atoms with Gasteiger partial charge in [-0.3, -0.25) is 0 Å². The van der Waals surface area contributed by atoms with Crippen molar-refractivity contribution in [1.29, 1.82) is 0 Å². The largest absolute Gasteiger partial charge is 0.370 e. The van der Waals surface area contributed by atoms with E-state index in [9.17, 15) is 0 Å². The van der Waals surface area contributed by atoms with E-state index in [0.717, 1.165) is 60.8 Å². The maximum absolute atomic E-state index is 4.68. The summed E-state index contributed by atoms with van der Waals surface area (Å²) in [6.07, 6.45) is 6.07. The van der Waals surface area contributed by atoms with E-state index in [4.69, 9.17) is 0 Å². The highest BCUT2D eigenvalue weighted by Gasteiger charge is 2.23. The minimum Gasteiger partial charge on any atom is -0.370 e. The second-order valence-corrected chi connectivity index (χ2v) is 6.29. The van der Waals surface area contributed by atoms with Gasteiger partial charge >= 0.3 is 0 Å². The fraction of sp³-hybridized carbons (Fsp3) is 0.765. The van der Waals surface area contributed by atoms with Gasteiger partial charge in [0.05, 0.1) is 0 Å². The van der Waals surface area contributed by atoms with Crippen molar-refractivity contribution >= 4 is 11.6 Å². The van der Waals surface area contributed by atoms with E-state index >= 15 is 0 Å². The molecule has 4 nitrogen and oxygen atoms in total. The first-order valence-corrected chi connectivity index (χ1v) is 8.50. The smallest absolute Gasteiger partial charge is 0.134 e. The Balaban J connectivity index is 2.09. The maximum Gasteiger partial charge on any atom is 0.134 e. The SMILES string of the molecule is CCCNc1nc(CC)nc(NCC2CCCC2C)c1C. The molecular formula is C17H30N4. The molecule has 2 unspecified atom stereocenters. The van der Waals surface area contributed by atoms with Crippen molar-refractivity contribution in [3.8, 4) is 0 Å². The first-order valence-electron chi connectivity index (χ1n) is 8.50. The van der Waals surface area contributed by atoms with Gasteiger partial charge in [-0.2, -0.15) is 0 Å². The van der Waals surface area contributed by atoms with Crippen molar-refractivity contribution in [2.75, 3.05) is 23.7 Å². The van der Waals surface area contributed by atoms with Crippen LogP contribution in [-0.4, -0.2) is 23.1 Å². The molecule has 1 aliphatic carbocycles. The van der Waals surface area contributed by atoms with E-state index in [0.29, 0.717) is 0 Å². The molecule has 0 amide bonds. The monoisotopic (exact) mass is 290 g/mol. The van der Waals surface area contributed by atoms with Gasteiger partial charge < -0.3 is 10.6 Å². The van der Waals surface area contributed by atoms with Gasteiger partial charge in [-0.15, -0.1) is 0 Å². The second-order valence-electron chi connectivity index (χ2n) is 6.29. The first-order chi connectivity index (χ1) is 10.2. The predicted octanol–water partition coefficient (Wildman–Crippen LogP) is 4.02. The molecule has 0 saturated heterocycles. The molecular weight excluding hydrogens is 260 g/mol. The highest BCUT2D eigenvalue weighted by atomic mass is 15.1. The Morgan fingerprint density at radius 2 is 1.81 bits per heavy atom. The molecule has 0 radical (unpaired) electrons. The van der Waals surface area contributed by atoms with Crippen LogP contribution in [0.3, 0.4) is 0 Å². The molecule has 21 heavy (non-hydrogen) atoms. The molecule has 2 atom stereocenters.